The zero-order chi connectivity index (χ0) is 15.3. The lowest BCUT2D eigenvalue weighted by Crippen LogP contribution is -2.26. The van der Waals surface area contributed by atoms with Gasteiger partial charge in [-0.2, -0.15) is 0 Å². The van der Waals surface area contributed by atoms with E-state index in [0.717, 1.165) is 44.3 Å². The summed E-state index contributed by atoms with van der Waals surface area (Å²) >= 11 is 0. The first-order valence-electron chi connectivity index (χ1n) is 7.89. The van der Waals surface area contributed by atoms with Gasteiger partial charge in [0.1, 0.15) is 0 Å². The quantitative estimate of drug-likeness (QED) is 0.797. The highest BCUT2D eigenvalue weighted by Gasteiger charge is 2.18. The van der Waals surface area contributed by atoms with Crippen molar-refractivity contribution in [3.05, 3.63) is 29.3 Å². The van der Waals surface area contributed by atoms with Gasteiger partial charge in [0.25, 0.3) is 0 Å². The molecule has 6 heteroatoms. The average Bonchev–Trinajstić information content (AvgIpc) is 2.99. The van der Waals surface area contributed by atoms with Crippen LogP contribution in [0.4, 0.5) is 0 Å². The van der Waals surface area contributed by atoms with Crippen molar-refractivity contribution in [2.45, 2.75) is 44.4 Å². The van der Waals surface area contributed by atoms with Gasteiger partial charge in [-0.1, -0.05) is 19.9 Å². The Kier molecular flexibility index (Phi) is 7.83. The lowest BCUT2D eigenvalue weighted by atomic mass is 10.0. The highest BCUT2D eigenvalue weighted by atomic mass is 35.5. The molecule has 4 nitrogen and oxygen atoms in total. The molecule has 0 spiro atoms. The SMILES string of the molecule is CCc1ccc(S(=O)(=O)NCCC2CCNC2)cc1CC.Cl. The Morgan fingerprint density at radius 3 is 2.55 bits per heavy atom. The van der Waals surface area contributed by atoms with Crippen molar-refractivity contribution in [3.8, 4) is 0 Å². The Balaban J connectivity index is 0.00000242. The summed E-state index contributed by atoms with van der Waals surface area (Å²) in [4.78, 5) is 0.390. The maximum Gasteiger partial charge on any atom is 0.240 e. The summed E-state index contributed by atoms with van der Waals surface area (Å²) in [6.07, 6.45) is 3.85. The number of benzene rings is 1. The van der Waals surface area contributed by atoms with E-state index < -0.39 is 10.0 Å². The fraction of sp³-hybridized carbons (Fsp3) is 0.625. The van der Waals surface area contributed by atoms with Crippen LogP contribution >= 0.6 is 12.4 Å². The van der Waals surface area contributed by atoms with E-state index in [1.165, 1.54) is 5.56 Å². The number of rotatable bonds is 7. The van der Waals surface area contributed by atoms with Crippen LogP contribution in [-0.4, -0.2) is 28.1 Å². The van der Waals surface area contributed by atoms with Gasteiger partial charge in [-0.3, -0.25) is 0 Å². The predicted molar refractivity (Wildman–Crippen MR) is 93.2 cm³/mol. The molecule has 22 heavy (non-hydrogen) atoms. The second-order valence-corrected chi connectivity index (χ2v) is 7.45. The van der Waals surface area contributed by atoms with Gasteiger partial charge in [0.15, 0.2) is 0 Å². The molecule has 1 heterocycles. The molecule has 1 aliphatic heterocycles. The van der Waals surface area contributed by atoms with Gasteiger partial charge < -0.3 is 5.32 Å². The van der Waals surface area contributed by atoms with Crippen LogP contribution in [0.3, 0.4) is 0 Å². The fourth-order valence-electron chi connectivity index (χ4n) is 2.89. The summed E-state index contributed by atoms with van der Waals surface area (Å²) in [7, 11) is -3.38. The molecule has 1 aromatic rings. The summed E-state index contributed by atoms with van der Waals surface area (Å²) in [5.41, 5.74) is 2.36. The van der Waals surface area contributed by atoms with Gasteiger partial charge >= 0.3 is 0 Å². The van der Waals surface area contributed by atoms with E-state index >= 15 is 0 Å². The summed E-state index contributed by atoms with van der Waals surface area (Å²) in [6.45, 7) is 6.73. The summed E-state index contributed by atoms with van der Waals surface area (Å²) in [5, 5.41) is 3.30. The second-order valence-electron chi connectivity index (χ2n) is 5.68. The van der Waals surface area contributed by atoms with Gasteiger partial charge in [-0.15, -0.1) is 12.4 Å². The molecular formula is C16H27ClN2O2S. The maximum absolute atomic E-state index is 12.3. The van der Waals surface area contributed by atoms with Crippen LogP contribution in [0.15, 0.2) is 23.1 Å². The Hall–Kier alpha value is -0.620. The molecule has 0 aliphatic carbocycles. The second kappa shape index (κ2) is 8.87. The molecule has 0 aromatic heterocycles. The van der Waals surface area contributed by atoms with E-state index in [-0.39, 0.29) is 12.4 Å². The number of hydrogen-bond donors (Lipinski definition) is 2. The molecular weight excluding hydrogens is 320 g/mol. The Morgan fingerprint density at radius 2 is 1.95 bits per heavy atom. The first-order valence-corrected chi connectivity index (χ1v) is 9.37. The Bertz CT molecular complexity index is 570. The normalized spacial score (nSPS) is 18.2. The highest BCUT2D eigenvalue weighted by molar-refractivity contribution is 7.89. The molecule has 1 atom stereocenters. The van der Waals surface area contributed by atoms with E-state index in [4.69, 9.17) is 0 Å². The molecule has 1 unspecified atom stereocenters. The Labute approximate surface area is 140 Å². The zero-order valence-corrected chi connectivity index (χ0v) is 15.0. The number of halogens is 1. The van der Waals surface area contributed by atoms with Crippen molar-refractivity contribution in [2.24, 2.45) is 5.92 Å². The van der Waals surface area contributed by atoms with Gasteiger partial charge in [0, 0.05) is 6.54 Å². The van der Waals surface area contributed by atoms with Crippen LogP contribution < -0.4 is 10.0 Å². The van der Waals surface area contributed by atoms with Crippen LogP contribution in [0.5, 0.6) is 0 Å². The van der Waals surface area contributed by atoms with Crippen LogP contribution in [0, 0.1) is 5.92 Å². The minimum Gasteiger partial charge on any atom is -0.316 e. The highest BCUT2D eigenvalue weighted by Crippen LogP contribution is 2.18. The van der Waals surface area contributed by atoms with E-state index in [1.807, 2.05) is 12.1 Å². The van der Waals surface area contributed by atoms with Crippen LogP contribution in [0.1, 0.15) is 37.8 Å². The maximum atomic E-state index is 12.3. The first kappa shape index (κ1) is 19.4. The lowest BCUT2D eigenvalue weighted by Gasteiger charge is -2.12. The van der Waals surface area contributed by atoms with E-state index in [9.17, 15) is 8.42 Å². The third-order valence-electron chi connectivity index (χ3n) is 4.26. The van der Waals surface area contributed by atoms with Gasteiger partial charge in [-0.05, 0) is 68.0 Å². The lowest BCUT2D eigenvalue weighted by molar-refractivity contribution is 0.519. The summed E-state index contributed by atoms with van der Waals surface area (Å²) in [6, 6.07) is 5.48. The van der Waals surface area contributed by atoms with E-state index in [1.54, 1.807) is 6.07 Å². The summed E-state index contributed by atoms with van der Waals surface area (Å²) in [5.74, 6) is 0.598. The molecule has 1 saturated heterocycles. The molecule has 1 aliphatic rings. The molecule has 0 radical (unpaired) electrons. The van der Waals surface area contributed by atoms with Crippen molar-refractivity contribution in [3.63, 3.8) is 0 Å². The smallest absolute Gasteiger partial charge is 0.240 e. The molecule has 0 amide bonds. The average molecular weight is 347 g/mol. The third-order valence-corrected chi connectivity index (χ3v) is 5.72. The largest absolute Gasteiger partial charge is 0.316 e. The first-order chi connectivity index (χ1) is 10.1. The standard InChI is InChI=1S/C16H26N2O2S.ClH/c1-3-14-5-6-16(11-15(14)4-2)21(19,20)18-10-8-13-7-9-17-12-13;/h5-6,11,13,17-18H,3-4,7-10,12H2,1-2H3;1H. The number of sulfonamides is 1. The number of aryl methyl sites for hydroxylation is 2. The van der Waals surface area contributed by atoms with Gasteiger partial charge in [0.2, 0.25) is 10.0 Å². The molecule has 1 fully saturated rings. The summed E-state index contributed by atoms with van der Waals surface area (Å²) < 4.78 is 27.4. The molecule has 0 bridgehead atoms. The van der Waals surface area contributed by atoms with Crippen LogP contribution in [0.25, 0.3) is 0 Å². The van der Waals surface area contributed by atoms with Crippen molar-refractivity contribution in [2.75, 3.05) is 19.6 Å². The number of nitrogens with one attached hydrogen (secondary N) is 2. The zero-order valence-electron chi connectivity index (χ0n) is 13.4. The van der Waals surface area contributed by atoms with Gasteiger partial charge in [-0.25, -0.2) is 13.1 Å². The monoisotopic (exact) mass is 346 g/mol. The molecule has 2 rings (SSSR count). The van der Waals surface area contributed by atoms with Crippen LogP contribution in [0.2, 0.25) is 0 Å². The van der Waals surface area contributed by atoms with Crippen molar-refractivity contribution in [1.29, 1.82) is 0 Å². The third kappa shape index (κ3) is 4.95. The Morgan fingerprint density at radius 1 is 1.23 bits per heavy atom. The molecule has 0 saturated carbocycles. The minimum atomic E-state index is -3.38. The molecule has 1 aromatic carbocycles. The predicted octanol–water partition coefficient (Wildman–Crippen LogP) is 2.51. The van der Waals surface area contributed by atoms with E-state index in [0.29, 0.717) is 17.4 Å². The molecule has 2 N–H and O–H groups in total. The fourth-order valence-corrected chi connectivity index (χ4v) is 3.98. The minimum absolute atomic E-state index is 0. The van der Waals surface area contributed by atoms with Crippen molar-refractivity contribution >= 4 is 22.4 Å². The van der Waals surface area contributed by atoms with Crippen molar-refractivity contribution in [1.82, 2.24) is 10.0 Å². The van der Waals surface area contributed by atoms with Gasteiger partial charge in [0.05, 0.1) is 4.90 Å². The van der Waals surface area contributed by atoms with Crippen LogP contribution in [-0.2, 0) is 22.9 Å². The van der Waals surface area contributed by atoms with E-state index in [2.05, 4.69) is 23.9 Å². The van der Waals surface area contributed by atoms with Crippen molar-refractivity contribution < 1.29 is 8.42 Å². The topological polar surface area (TPSA) is 58.2 Å². The number of hydrogen-bond acceptors (Lipinski definition) is 3. The molecule has 126 valence electrons.